The summed E-state index contributed by atoms with van der Waals surface area (Å²) in [6, 6.07) is 0. The van der Waals surface area contributed by atoms with Crippen LogP contribution in [0, 0.1) is 0 Å². The van der Waals surface area contributed by atoms with E-state index in [4.69, 9.17) is 5.11 Å². The third-order valence-corrected chi connectivity index (χ3v) is 1.99. The van der Waals surface area contributed by atoms with E-state index in [2.05, 4.69) is 4.74 Å². The van der Waals surface area contributed by atoms with Crippen LogP contribution < -0.4 is 0 Å². The molecule has 0 heterocycles. The van der Waals surface area contributed by atoms with Crippen molar-refractivity contribution < 1.29 is 29.3 Å². The van der Waals surface area contributed by atoms with Gasteiger partial charge in [-0.2, -0.15) is 0 Å². The summed E-state index contributed by atoms with van der Waals surface area (Å²) in [7, 11) is 0. The Morgan fingerprint density at radius 3 is 1.75 bits per heavy atom. The second-order valence-corrected chi connectivity index (χ2v) is 3.14. The number of carbonyl (C=O) groups excluding carboxylic acids is 3. The first kappa shape index (κ1) is 17.1. The summed E-state index contributed by atoms with van der Waals surface area (Å²) in [5.41, 5.74) is -2.29. The SMILES string of the molecule is C.CC(=O)OC(C(C)=O)(C(C)=O)C(O)CO. The second-order valence-electron chi connectivity index (χ2n) is 3.14. The molecule has 0 fully saturated rings. The largest absolute Gasteiger partial charge is 0.440 e. The van der Waals surface area contributed by atoms with E-state index >= 15 is 0 Å². The van der Waals surface area contributed by atoms with Gasteiger partial charge in [-0.15, -0.1) is 0 Å². The van der Waals surface area contributed by atoms with Crippen molar-refractivity contribution in [2.45, 2.75) is 39.9 Å². The van der Waals surface area contributed by atoms with Crippen molar-refractivity contribution in [1.29, 1.82) is 0 Å². The molecule has 2 N–H and O–H groups in total. The molecule has 0 saturated heterocycles. The Kier molecular flexibility index (Phi) is 6.79. The summed E-state index contributed by atoms with van der Waals surface area (Å²) in [5, 5.41) is 18.1. The van der Waals surface area contributed by atoms with E-state index in [0.717, 1.165) is 20.8 Å². The molecule has 6 nitrogen and oxygen atoms in total. The summed E-state index contributed by atoms with van der Waals surface area (Å²) < 4.78 is 4.57. The minimum atomic E-state index is -2.29. The fourth-order valence-electron chi connectivity index (χ4n) is 1.28. The fourth-order valence-corrected chi connectivity index (χ4v) is 1.28. The zero-order chi connectivity index (χ0) is 12.2. The number of aliphatic hydroxyl groups excluding tert-OH is 2. The van der Waals surface area contributed by atoms with Crippen molar-refractivity contribution in [2.75, 3.05) is 6.61 Å². The normalized spacial score (nSPS) is 12.3. The number of aliphatic hydroxyl groups is 2. The molecule has 0 saturated carbocycles. The van der Waals surface area contributed by atoms with Crippen LogP contribution in [0.1, 0.15) is 28.2 Å². The Hall–Kier alpha value is -1.27. The topological polar surface area (TPSA) is 101 Å². The second kappa shape index (κ2) is 6.34. The van der Waals surface area contributed by atoms with Crippen LogP contribution >= 0.6 is 0 Å². The standard InChI is InChI=1S/C9H14O6.CH4/c1-5(11)9(6(2)12,8(14)4-10)15-7(3)13;/h8,10,14H,4H2,1-3H3;1H4. The number of rotatable bonds is 5. The molecular formula is C10H18O6. The predicted octanol–water partition coefficient (Wildman–Crippen LogP) is -0.544. The number of hydrogen-bond donors (Lipinski definition) is 2. The minimum Gasteiger partial charge on any atom is -0.440 e. The van der Waals surface area contributed by atoms with Gasteiger partial charge >= 0.3 is 5.97 Å². The van der Waals surface area contributed by atoms with Gasteiger partial charge < -0.3 is 14.9 Å². The molecule has 0 aliphatic carbocycles. The van der Waals surface area contributed by atoms with Gasteiger partial charge in [0.05, 0.1) is 6.61 Å². The third-order valence-electron chi connectivity index (χ3n) is 1.99. The van der Waals surface area contributed by atoms with Gasteiger partial charge in [0, 0.05) is 6.92 Å². The Morgan fingerprint density at radius 2 is 1.56 bits per heavy atom. The number of ether oxygens (including phenoxy) is 1. The van der Waals surface area contributed by atoms with Crippen LogP contribution in [-0.4, -0.2) is 46.1 Å². The Labute approximate surface area is 94.2 Å². The highest BCUT2D eigenvalue weighted by atomic mass is 16.6. The molecular weight excluding hydrogens is 216 g/mol. The van der Waals surface area contributed by atoms with Crippen LogP contribution in [0.15, 0.2) is 0 Å². The Bertz CT molecular complexity index is 269. The van der Waals surface area contributed by atoms with Gasteiger partial charge in [0.25, 0.3) is 5.60 Å². The van der Waals surface area contributed by atoms with Gasteiger partial charge in [-0.3, -0.25) is 14.4 Å². The summed E-state index contributed by atoms with van der Waals surface area (Å²) in [4.78, 5) is 33.3. The summed E-state index contributed by atoms with van der Waals surface area (Å²) in [6.45, 7) is 2.16. The van der Waals surface area contributed by atoms with Crippen LogP contribution in [0.4, 0.5) is 0 Å². The lowest BCUT2D eigenvalue weighted by atomic mass is 9.88. The number of ketones is 2. The van der Waals surface area contributed by atoms with E-state index in [1.165, 1.54) is 0 Å². The average molecular weight is 234 g/mol. The van der Waals surface area contributed by atoms with Crippen molar-refractivity contribution in [3.8, 4) is 0 Å². The van der Waals surface area contributed by atoms with Gasteiger partial charge in [-0.1, -0.05) is 7.43 Å². The van der Waals surface area contributed by atoms with Crippen LogP contribution in [0.3, 0.4) is 0 Å². The van der Waals surface area contributed by atoms with E-state index in [1.807, 2.05) is 0 Å². The van der Waals surface area contributed by atoms with Gasteiger partial charge in [-0.05, 0) is 13.8 Å². The first-order chi connectivity index (χ1) is 6.78. The van der Waals surface area contributed by atoms with E-state index in [9.17, 15) is 19.5 Å². The number of esters is 1. The van der Waals surface area contributed by atoms with E-state index in [1.54, 1.807) is 0 Å². The van der Waals surface area contributed by atoms with E-state index < -0.39 is 35.8 Å². The van der Waals surface area contributed by atoms with Crippen molar-refractivity contribution in [3.63, 3.8) is 0 Å². The molecule has 6 heteroatoms. The molecule has 1 unspecified atom stereocenters. The van der Waals surface area contributed by atoms with Crippen molar-refractivity contribution in [2.24, 2.45) is 0 Å². The minimum absolute atomic E-state index is 0. The molecule has 0 rings (SSSR count). The fraction of sp³-hybridized carbons (Fsp3) is 0.700. The highest BCUT2D eigenvalue weighted by Crippen LogP contribution is 2.20. The molecule has 94 valence electrons. The lowest BCUT2D eigenvalue weighted by Crippen LogP contribution is -2.58. The average Bonchev–Trinajstić information content (AvgIpc) is 2.11. The quantitative estimate of drug-likeness (QED) is 0.489. The van der Waals surface area contributed by atoms with Gasteiger partial charge in [-0.25, -0.2) is 0 Å². The van der Waals surface area contributed by atoms with Crippen molar-refractivity contribution in [1.82, 2.24) is 0 Å². The highest BCUT2D eigenvalue weighted by molar-refractivity contribution is 6.10. The Balaban J connectivity index is 0. The van der Waals surface area contributed by atoms with E-state index in [-0.39, 0.29) is 7.43 Å². The molecule has 0 amide bonds. The van der Waals surface area contributed by atoms with E-state index in [0.29, 0.717) is 0 Å². The lowest BCUT2D eigenvalue weighted by molar-refractivity contribution is -0.184. The monoisotopic (exact) mass is 234 g/mol. The lowest BCUT2D eigenvalue weighted by Gasteiger charge is -2.31. The van der Waals surface area contributed by atoms with Gasteiger partial charge in [0.2, 0.25) is 0 Å². The number of hydrogen-bond acceptors (Lipinski definition) is 6. The highest BCUT2D eigenvalue weighted by Gasteiger charge is 2.50. The van der Waals surface area contributed by atoms with Gasteiger partial charge in [0.1, 0.15) is 6.10 Å². The molecule has 0 radical (unpaired) electrons. The van der Waals surface area contributed by atoms with Crippen LogP contribution in [-0.2, 0) is 19.1 Å². The molecule has 0 bridgehead atoms. The Morgan fingerprint density at radius 1 is 1.19 bits per heavy atom. The molecule has 0 aliphatic heterocycles. The smallest absolute Gasteiger partial charge is 0.304 e. The van der Waals surface area contributed by atoms with Crippen molar-refractivity contribution >= 4 is 17.5 Å². The van der Waals surface area contributed by atoms with Crippen molar-refractivity contribution in [3.05, 3.63) is 0 Å². The first-order valence-electron chi connectivity index (χ1n) is 4.29. The maximum absolute atomic E-state index is 11.3. The molecule has 0 aliphatic rings. The van der Waals surface area contributed by atoms with Crippen LogP contribution in [0.2, 0.25) is 0 Å². The number of Topliss-reactive ketones (excluding diaryl/α,β-unsaturated/α-hetero) is 2. The first-order valence-corrected chi connectivity index (χ1v) is 4.29. The molecule has 1 atom stereocenters. The molecule has 0 aromatic heterocycles. The summed E-state index contributed by atoms with van der Waals surface area (Å²) in [6.07, 6.45) is -1.75. The predicted molar refractivity (Wildman–Crippen MR) is 55.7 cm³/mol. The maximum Gasteiger partial charge on any atom is 0.304 e. The van der Waals surface area contributed by atoms with Gasteiger partial charge in [0.15, 0.2) is 11.6 Å². The summed E-state index contributed by atoms with van der Waals surface area (Å²) >= 11 is 0. The molecule has 0 aromatic carbocycles. The maximum atomic E-state index is 11.3. The molecule has 16 heavy (non-hydrogen) atoms. The zero-order valence-electron chi connectivity index (χ0n) is 8.81. The summed E-state index contributed by atoms with van der Waals surface area (Å²) in [5.74, 6) is -2.54. The molecule has 0 aromatic rings. The van der Waals surface area contributed by atoms with Crippen LogP contribution in [0.5, 0.6) is 0 Å². The number of carbonyl (C=O) groups is 3. The van der Waals surface area contributed by atoms with Crippen LogP contribution in [0.25, 0.3) is 0 Å². The third kappa shape index (κ3) is 3.11. The molecule has 0 spiro atoms. The zero-order valence-corrected chi connectivity index (χ0v) is 8.81.